The first-order valence-corrected chi connectivity index (χ1v) is 8.05. The molecule has 3 aromatic rings. The van der Waals surface area contributed by atoms with Crippen LogP contribution in [0.25, 0.3) is 10.9 Å². The molecule has 0 spiro atoms. The third-order valence-electron chi connectivity index (χ3n) is 3.41. The van der Waals surface area contributed by atoms with E-state index in [9.17, 15) is 9.59 Å². The molecule has 5 heteroatoms. The van der Waals surface area contributed by atoms with Crippen LogP contribution in [0.5, 0.6) is 0 Å². The topological polar surface area (TPSA) is 52.0 Å². The molecule has 0 bridgehead atoms. The maximum absolute atomic E-state index is 12.6. The summed E-state index contributed by atoms with van der Waals surface area (Å²) < 4.78 is 1.45. The number of fused-ring (bicyclic) bond motifs is 1. The lowest BCUT2D eigenvalue weighted by Gasteiger charge is -2.11. The van der Waals surface area contributed by atoms with E-state index < -0.39 is 0 Å². The molecule has 0 saturated carbocycles. The molecule has 0 unspecified atom stereocenters. The molecular formula is C17H14N2O2S. The molecule has 110 valence electrons. The van der Waals surface area contributed by atoms with E-state index in [4.69, 9.17) is 0 Å². The van der Waals surface area contributed by atoms with Gasteiger partial charge < -0.3 is 0 Å². The number of ketones is 1. The van der Waals surface area contributed by atoms with Crippen molar-refractivity contribution in [3.8, 4) is 0 Å². The monoisotopic (exact) mass is 310 g/mol. The maximum atomic E-state index is 12.6. The molecule has 3 rings (SSSR count). The number of carbonyl (C=O) groups is 1. The molecule has 0 N–H and O–H groups in total. The average Bonchev–Trinajstić information content (AvgIpc) is 2.58. The van der Waals surface area contributed by atoms with Crippen LogP contribution in [0, 0.1) is 0 Å². The molecule has 0 aliphatic carbocycles. The number of rotatable bonds is 4. The lowest BCUT2D eigenvalue weighted by Crippen LogP contribution is -2.27. The average molecular weight is 310 g/mol. The highest BCUT2D eigenvalue weighted by atomic mass is 32.2. The van der Waals surface area contributed by atoms with Crippen LogP contribution >= 0.6 is 11.8 Å². The number of aromatic nitrogens is 2. The molecule has 2 aromatic carbocycles. The van der Waals surface area contributed by atoms with E-state index in [-0.39, 0.29) is 17.9 Å². The molecule has 1 aromatic heterocycles. The van der Waals surface area contributed by atoms with Crippen LogP contribution in [0.4, 0.5) is 0 Å². The Hall–Kier alpha value is -2.40. The highest BCUT2D eigenvalue weighted by Crippen LogP contribution is 2.15. The number of Topliss-reactive ketones (excluding diaryl/α,β-unsaturated/α-hetero) is 1. The van der Waals surface area contributed by atoms with E-state index in [1.807, 2.05) is 30.5 Å². The van der Waals surface area contributed by atoms with Gasteiger partial charge in [-0.2, -0.15) is 0 Å². The fourth-order valence-electron chi connectivity index (χ4n) is 2.30. The summed E-state index contributed by atoms with van der Waals surface area (Å²) in [6, 6.07) is 16.2. The summed E-state index contributed by atoms with van der Waals surface area (Å²) in [5.41, 5.74) is 1.06. The van der Waals surface area contributed by atoms with Crippen molar-refractivity contribution in [1.82, 2.24) is 9.55 Å². The molecule has 0 saturated heterocycles. The van der Waals surface area contributed by atoms with E-state index >= 15 is 0 Å². The Morgan fingerprint density at radius 2 is 1.77 bits per heavy atom. The second-order valence-corrected chi connectivity index (χ2v) is 5.57. The summed E-state index contributed by atoms with van der Waals surface area (Å²) in [5.74, 6) is -0.102. The summed E-state index contributed by atoms with van der Waals surface area (Å²) in [6.07, 6.45) is 1.85. The fraction of sp³-hybridized carbons (Fsp3) is 0.118. The van der Waals surface area contributed by atoms with Gasteiger partial charge in [-0.3, -0.25) is 14.2 Å². The van der Waals surface area contributed by atoms with Crippen LogP contribution in [0.2, 0.25) is 0 Å². The summed E-state index contributed by atoms with van der Waals surface area (Å²) in [7, 11) is 0. The van der Waals surface area contributed by atoms with Gasteiger partial charge in [0.05, 0.1) is 17.4 Å². The van der Waals surface area contributed by atoms with Crippen molar-refractivity contribution in [1.29, 1.82) is 0 Å². The van der Waals surface area contributed by atoms with Crippen LogP contribution in [0.1, 0.15) is 10.4 Å². The lowest BCUT2D eigenvalue weighted by molar-refractivity contribution is 0.0967. The van der Waals surface area contributed by atoms with Crippen molar-refractivity contribution in [3.63, 3.8) is 0 Å². The second-order valence-electron chi connectivity index (χ2n) is 4.80. The molecule has 0 radical (unpaired) electrons. The van der Waals surface area contributed by atoms with Crippen LogP contribution in [-0.4, -0.2) is 21.6 Å². The summed E-state index contributed by atoms with van der Waals surface area (Å²) in [4.78, 5) is 29.5. The Morgan fingerprint density at radius 3 is 2.50 bits per heavy atom. The van der Waals surface area contributed by atoms with E-state index in [2.05, 4.69) is 4.98 Å². The number of hydrogen-bond donors (Lipinski definition) is 0. The van der Waals surface area contributed by atoms with Gasteiger partial charge in [0.25, 0.3) is 5.56 Å². The first-order valence-electron chi connectivity index (χ1n) is 6.82. The SMILES string of the molecule is CSc1nc2ccccc2c(=O)n1CC(=O)c1ccccc1. The van der Waals surface area contributed by atoms with Crippen molar-refractivity contribution in [3.05, 3.63) is 70.5 Å². The third kappa shape index (κ3) is 2.67. The zero-order valence-electron chi connectivity index (χ0n) is 12.0. The minimum Gasteiger partial charge on any atom is -0.292 e. The van der Waals surface area contributed by atoms with E-state index in [1.165, 1.54) is 16.3 Å². The van der Waals surface area contributed by atoms with Gasteiger partial charge in [0.15, 0.2) is 10.9 Å². The normalized spacial score (nSPS) is 10.8. The Balaban J connectivity index is 2.08. The Bertz CT molecular complexity index is 888. The van der Waals surface area contributed by atoms with Crippen LogP contribution < -0.4 is 5.56 Å². The number of nitrogens with zero attached hydrogens (tertiary/aromatic N) is 2. The smallest absolute Gasteiger partial charge is 0.262 e. The van der Waals surface area contributed by atoms with Gasteiger partial charge in [0, 0.05) is 5.56 Å². The summed E-state index contributed by atoms with van der Waals surface area (Å²) in [6.45, 7) is -0.00312. The second kappa shape index (κ2) is 6.15. The number of benzene rings is 2. The van der Waals surface area contributed by atoms with Gasteiger partial charge in [0.1, 0.15) is 0 Å². The number of thioether (sulfide) groups is 1. The predicted octanol–water partition coefficient (Wildman–Crippen LogP) is 3.00. The molecule has 0 fully saturated rings. The standard InChI is InChI=1S/C17H14N2O2S/c1-22-17-18-14-10-6-5-9-13(14)16(21)19(17)11-15(20)12-7-3-2-4-8-12/h2-10H,11H2,1H3. The molecule has 22 heavy (non-hydrogen) atoms. The van der Waals surface area contributed by atoms with E-state index in [1.54, 1.807) is 30.3 Å². The van der Waals surface area contributed by atoms with Gasteiger partial charge in [-0.1, -0.05) is 54.2 Å². The van der Waals surface area contributed by atoms with Crippen molar-refractivity contribution >= 4 is 28.4 Å². The van der Waals surface area contributed by atoms with Gasteiger partial charge >= 0.3 is 0 Å². The maximum Gasteiger partial charge on any atom is 0.262 e. The van der Waals surface area contributed by atoms with Crippen molar-refractivity contribution < 1.29 is 4.79 Å². The molecule has 4 nitrogen and oxygen atoms in total. The minimum absolute atomic E-state index is 0.00312. The van der Waals surface area contributed by atoms with Gasteiger partial charge in [-0.25, -0.2) is 4.98 Å². The van der Waals surface area contributed by atoms with Crippen LogP contribution in [0.3, 0.4) is 0 Å². The van der Waals surface area contributed by atoms with Crippen molar-refractivity contribution in [2.24, 2.45) is 0 Å². The first kappa shape index (κ1) is 14.5. The first-order chi connectivity index (χ1) is 10.7. The highest BCUT2D eigenvalue weighted by molar-refractivity contribution is 7.98. The molecular weight excluding hydrogens is 296 g/mol. The summed E-state index contributed by atoms with van der Waals surface area (Å²) >= 11 is 1.36. The molecule has 0 amide bonds. The fourth-order valence-corrected chi connectivity index (χ4v) is 2.86. The molecule has 0 aliphatic heterocycles. The highest BCUT2D eigenvalue weighted by Gasteiger charge is 2.14. The molecule has 0 aliphatic rings. The largest absolute Gasteiger partial charge is 0.292 e. The summed E-state index contributed by atoms with van der Waals surface area (Å²) in [5, 5.41) is 1.08. The Morgan fingerprint density at radius 1 is 1.09 bits per heavy atom. The zero-order chi connectivity index (χ0) is 15.5. The van der Waals surface area contributed by atoms with Gasteiger partial charge in [0.2, 0.25) is 0 Å². The Kier molecular flexibility index (Phi) is 4.06. The van der Waals surface area contributed by atoms with E-state index in [0.717, 1.165) is 0 Å². The van der Waals surface area contributed by atoms with E-state index in [0.29, 0.717) is 21.6 Å². The zero-order valence-corrected chi connectivity index (χ0v) is 12.8. The molecule has 0 atom stereocenters. The molecule has 1 heterocycles. The third-order valence-corrected chi connectivity index (χ3v) is 4.08. The van der Waals surface area contributed by atoms with Crippen molar-refractivity contribution in [2.75, 3.05) is 6.26 Å². The van der Waals surface area contributed by atoms with Crippen LogP contribution in [-0.2, 0) is 6.54 Å². The van der Waals surface area contributed by atoms with Gasteiger partial charge in [-0.05, 0) is 18.4 Å². The van der Waals surface area contributed by atoms with Gasteiger partial charge in [-0.15, -0.1) is 0 Å². The number of carbonyl (C=O) groups excluding carboxylic acids is 1. The quantitative estimate of drug-likeness (QED) is 0.422. The van der Waals surface area contributed by atoms with Crippen molar-refractivity contribution in [2.45, 2.75) is 11.7 Å². The lowest BCUT2D eigenvalue weighted by atomic mass is 10.1. The Labute approximate surface area is 131 Å². The predicted molar refractivity (Wildman–Crippen MR) is 88.6 cm³/mol. The number of hydrogen-bond acceptors (Lipinski definition) is 4. The van der Waals surface area contributed by atoms with Crippen LogP contribution in [0.15, 0.2) is 64.5 Å². The minimum atomic E-state index is -0.181. The number of para-hydroxylation sites is 1.